The Balaban J connectivity index is 2.94. The van der Waals surface area contributed by atoms with Crippen molar-refractivity contribution in [3.05, 3.63) is 35.4 Å². The summed E-state index contributed by atoms with van der Waals surface area (Å²) < 4.78 is 8.91. The molecule has 0 amide bonds. The number of hydrogen-bond acceptors (Lipinski definition) is 5. The Hall–Kier alpha value is -2.30. The highest BCUT2D eigenvalue weighted by molar-refractivity contribution is 5.91. The number of phenols is 1. The highest BCUT2D eigenvalue weighted by Gasteiger charge is 2.07. The Morgan fingerprint density at radius 3 is 2.47 bits per heavy atom. The topological polar surface area (TPSA) is 72.8 Å². The maximum atomic E-state index is 11.2. The van der Waals surface area contributed by atoms with Gasteiger partial charge in [-0.3, -0.25) is 0 Å². The molecular formula is C12H12O5. The molecule has 0 saturated heterocycles. The Morgan fingerprint density at radius 1 is 1.24 bits per heavy atom. The van der Waals surface area contributed by atoms with Gasteiger partial charge >= 0.3 is 11.9 Å². The molecule has 0 heterocycles. The van der Waals surface area contributed by atoms with Gasteiger partial charge in [0, 0.05) is 11.6 Å². The zero-order chi connectivity index (χ0) is 12.8. The predicted octanol–water partition coefficient (Wildman–Crippen LogP) is 1.36. The van der Waals surface area contributed by atoms with E-state index in [1.54, 1.807) is 0 Å². The van der Waals surface area contributed by atoms with E-state index >= 15 is 0 Å². The molecule has 0 spiro atoms. The number of hydrogen-bond donors (Lipinski definition) is 1. The van der Waals surface area contributed by atoms with Gasteiger partial charge in [-0.1, -0.05) is 6.07 Å². The van der Waals surface area contributed by atoms with Crippen LogP contribution in [0, 0.1) is 0 Å². The predicted molar refractivity (Wildman–Crippen MR) is 60.5 cm³/mol. The zero-order valence-corrected chi connectivity index (χ0v) is 9.47. The van der Waals surface area contributed by atoms with Crippen molar-refractivity contribution in [3.63, 3.8) is 0 Å². The van der Waals surface area contributed by atoms with Crippen LogP contribution in [0.2, 0.25) is 0 Å². The fourth-order valence-electron chi connectivity index (χ4n) is 1.16. The Labute approximate surface area is 98.3 Å². The number of carbonyl (C=O) groups is 2. The molecular weight excluding hydrogens is 224 g/mol. The lowest BCUT2D eigenvalue weighted by atomic mass is 10.1. The second-order valence-corrected chi connectivity index (χ2v) is 3.12. The largest absolute Gasteiger partial charge is 0.507 e. The number of esters is 2. The molecule has 90 valence electrons. The van der Waals surface area contributed by atoms with Crippen molar-refractivity contribution in [1.82, 2.24) is 0 Å². The molecule has 0 aliphatic rings. The summed E-state index contributed by atoms with van der Waals surface area (Å²) in [5, 5.41) is 9.61. The summed E-state index contributed by atoms with van der Waals surface area (Å²) in [6.45, 7) is 0. The second-order valence-electron chi connectivity index (χ2n) is 3.12. The number of carbonyl (C=O) groups excluding carboxylic acids is 2. The van der Waals surface area contributed by atoms with Crippen molar-refractivity contribution in [2.24, 2.45) is 0 Å². The van der Waals surface area contributed by atoms with Crippen LogP contribution in [-0.4, -0.2) is 31.3 Å². The van der Waals surface area contributed by atoms with Gasteiger partial charge in [0.15, 0.2) is 0 Å². The highest BCUT2D eigenvalue weighted by atomic mass is 16.5. The third-order valence-electron chi connectivity index (χ3n) is 2.05. The van der Waals surface area contributed by atoms with Gasteiger partial charge in [-0.25, -0.2) is 9.59 Å². The molecule has 17 heavy (non-hydrogen) atoms. The van der Waals surface area contributed by atoms with Crippen molar-refractivity contribution < 1.29 is 24.2 Å². The summed E-state index contributed by atoms with van der Waals surface area (Å²) in [6, 6.07) is 4.26. The van der Waals surface area contributed by atoms with E-state index in [0.29, 0.717) is 5.56 Å². The smallest absolute Gasteiger partial charge is 0.337 e. The van der Waals surface area contributed by atoms with Crippen LogP contribution in [0.15, 0.2) is 24.3 Å². The molecule has 0 aromatic heterocycles. The molecule has 1 rings (SSSR count). The average molecular weight is 236 g/mol. The third kappa shape index (κ3) is 3.34. The summed E-state index contributed by atoms with van der Waals surface area (Å²) in [5.74, 6) is -1.18. The summed E-state index contributed by atoms with van der Waals surface area (Å²) in [5.41, 5.74) is 0.642. The van der Waals surface area contributed by atoms with E-state index in [4.69, 9.17) is 0 Å². The van der Waals surface area contributed by atoms with Crippen molar-refractivity contribution >= 4 is 18.0 Å². The van der Waals surface area contributed by atoms with Gasteiger partial charge in [-0.2, -0.15) is 0 Å². The van der Waals surface area contributed by atoms with Crippen LogP contribution in [0.25, 0.3) is 6.08 Å². The SMILES string of the molecule is COC(=O)C=Cc1ccc(C(=O)OC)cc1O. The molecule has 0 fully saturated rings. The molecule has 5 heteroatoms. The van der Waals surface area contributed by atoms with E-state index in [1.807, 2.05) is 0 Å². The summed E-state index contributed by atoms with van der Waals surface area (Å²) in [6.07, 6.45) is 2.56. The second kappa shape index (κ2) is 5.69. The van der Waals surface area contributed by atoms with Crippen molar-refractivity contribution in [2.75, 3.05) is 14.2 Å². The van der Waals surface area contributed by atoms with E-state index in [2.05, 4.69) is 9.47 Å². The van der Waals surface area contributed by atoms with Crippen LogP contribution >= 0.6 is 0 Å². The summed E-state index contributed by atoms with van der Waals surface area (Å²) in [4.78, 5) is 22.0. The van der Waals surface area contributed by atoms with Gasteiger partial charge in [0.1, 0.15) is 5.75 Å². The molecule has 1 aromatic rings. The normalized spacial score (nSPS) is 10.2. The standard InChI is InChI=1S/C12H12O5/c1-16-11(14)6-5-8-3-4-9(7-10(8)13)12(15)17-2/h3-7,13H,1-2H3. The van der Waals surface area contributed by atoms with Crippen molar-refractivity contribution in [2.45, 2.75) is 0 Å². The molecule has 5 nitrogen and oxygen atoms in total. The molecule has 0 aliphatic carbocycles. The van der Waals surface area contributed by atoms with Gasteiger partial charge in [-0.05, 0) is 18.2 Å². The lowest BCUT2D eigenvalue weighted by molar-refractivity contribution is -0.134. The number of benzene rings is 1. The number of rotatable bonds is 3. The van der Waals surface area contributed by atoms with Crippen molar-refractivity contribution in [3.8, 4) is 5.75 Å². The molecule has 0 unspecified atom stereocenters. The first-order valence-corrected chi connectivity index (χ1v) is 4.76. The summed E-state index contributed by atoms with van der Waals surface area (Å²) >= 11 is 0. The van der Waals surface area contributed by atoms with Gasteiger partial charge in [-0.15, -0.1) is 0 Å². The number of methoxy groups -OCH3 is 2. The maximum absolute atomic E-state index is 11.2. The molecule has 1 N–H and O–H groups in total. The molecule has 1 aromatic carbocycles. The summed E-state index contributed by atoms with van der Waals surface area (Å²) in [7, 11) is 2.51. The Bertz CT molecular complexity index is 462. The minimum absolute atomic E-state index is 0.118. The average Bonchev–Trinajstić information content (AvgIpc) is 2.35. The molecule has 0 aliphatic heterocycles. The van der Waals surface area contributed by atoms with Crippen LogP contribution < -0.4 is 0 Å². The zero-order valence-electron chi connectivity index (χ0n) is 9.47. The van der Waals surface area contributed by atoms with Crippen LogP contribution in [0.1, 0.15) is 15.9 Å². The van der Waals surface area contributed by atoms with Gasteiger partial charge in [0.05, 0.1) is 19.8 Å². The van der Waals surface area contributed by atoms with Gasteiger partial charge in [0.2, 0.25) is 0 Å². The van der Waals surface area contributed by atoms with E-state index in [9.17, 15) is 14.7 Å². The van der Waals surface area contributed by atoms with Crippen LogP contribution in [0.3, 0.4) is 0 Å². The first kappa shape index (κ1) is 12.8. The first-order chi connectivity index (χ1) is 8.08. The van der Waals surface area contributed by atoms with Crippen LogP contribution in [0.5, 0.6) is 5.75 Å². The monoisotopic (exact) mass is 236 g/mol. The lowest BCUT2D eigenvalue weighted by Crippen LogP contribution is -2.00. The quantitative estimate of drug-likeness (QED) is 0.633. The third-order valence-corrected chi connectivity index (χ3v) is 2.05. The van der Waals surface area contributed by atoms with E-state index in [-0.39, 0.29) is 11.3 Å². The van der Waals surface area contributed by atoms with E-state index < -0.39 is 11.9 Å². The van der Waals surface area contributed by atoms with E-state index in [0.717, 1.165) is 0 Å². The lowest BCUT2D eigenvalue weighted by Gasteiger charge is -2.02. The molecule has 0 radical (unpaired) electrons. The fraction of sp³-hybridized carbons (Fsp3) is 0.167. The number of ether oxygens (including phenoxy) is 2. The van der Waals surface area contributed by atoms with Gasteiger partial charge in [0.25, 0.3) is 0 Å². The molecule has 0 bridgehead atoms. The maximum Gasteiger partial charge on any atom is 0.337 e. The minimum Gasteiger partial charge on any atom is -0.507 e. The van der Waals surface area contributed by atoms with E-state index in [1.165, 1.54) is 44.6 Å². The fourth-order valence-corrected chi connectivity index (χ4v) is 1.16. The highest BCUT2D eigenvalue weighted by Crippen LogP contribution is 2.20. The molecule has 0 atom stereocenters. The number of aromatic hydroxyl groups is 1. The number of phenolic OH excluding ortho intramolecular Hbond substituents is 1. The van der Waals surface area contributed by atoms with Gasteiger partial charge < -0.3 is 14.6 Å². The Kier molecular flexibility index (Phi) is 4.28. The minimum atomic E-state index is -0.538. The van der Waals surface area contributed by atoms with Crippen molar-refractivity contribution in [1.29, 1.82) is 0 Å². The van der Waals surface area contributed by atoms with Crippen LogP contribution in [-0.2, 0) is 14.3 Å². The molecule has 0 saturated carbocycles. The Morgan fingerprint density at radius 2 is 1.94 bits per heavy atom. The van der Waals surface area contributed by atoms with Crippen LogP contribution in [0.4, 0.5) is 0 Å². The first-order valence-electron chi connectivity index (χ1n) is 4.76.